The zero-order valence-corrected chi connectivity index (χ0v) is 9.75. The van der Waals surface area contributed by atoms with Gasteiger partial charge in [0.15, 0.2) is 0 Å². The SMILES string of the molecule is Nc1cc(C(=O)O)ccc1Cl.[Na+].[OH-]. The van der Waals surface area contributed by atoms with E-state index in [1.807, 2.05) is 0 Å². The molecule has 0 bridgehead atoms. The van der Waals surface area contributed by atoms with Gasteiger partial charge in [-0.25, -0.2) is 4.79 Å². The fraction of sp³-hybridized carbons (Fsp3) is 0. The number of nitrogen functional groups attached to an aromatic ring is 1. The number of hydrogen-bond acceptors (Lipinski definition) is 3. The molecule has 0 aliphatic heterocycles. The number of halogens is 1. The van der Waals surface area contributed by atoms with Gasteiger partial charge in [0.05, 0.1) is 16.3 Å². The molecule has 0 saturated carbocycles. The van der Waals surface area contributed by atoms with Gasteiger partial charge in [0.1, 0.15) is 0 Å². The number of carbonyl (C=O) groups is 1. The van der Waals surface area contributed by atoms with E-state index in [-0.39, 0.29) is 46.3 Å². The fourth-order valence-electron chi connectivity index (χ4n) is 0.677. The van der Waals surface area contributed by atoms with Crippen LogP contribution < -0.4 is 35.3 Å². The van der Waals surface area contributed by atoms with Gasteiger partial charge >= 0.3 is 35.5 Å². The molecule has 4 nitrogen and oxygen atoms in total. The summed E-state index contributed by atoms with van der Waals surface area (Å²) in [6, 6.07) is 4.19. The summed E-state index contributed by atoms with van der Waals surface area (Å²) in [5.41, 5.74) is 5.79. The van der Waals surface area contributed by atoms with Crippen LogP contribution in [0.2, 0.25) is 5.02 Å². The standard InChI is InChI=1S/C7H6ClNO2.Na.H2O/c8-5-2-1-4(7(10)11)3-6(5)9;;/h1-3H,9H2,(H,10,11);;1H2/q;+1;/p-1. The first kappa shape index (κ1) is 15.2. The van der Waals surface area contributed by atoms with Crippen molar-refractivity contribution in [1.29, 1.82) is 0 Å². The van der Waals surface area contributed by atoms with E-state index in [1.165, 1.54) is 18.2 Å². The third-order valence-corrected chi connectivity index (χ3v) is 1.59. The summed E-state index contributed by atoms with van der Waals surface area (Å²) in [5.74, 6) is -1.01. The average molecular weight is 212 g/mol. The molecule has 1 aromatic carbocycles. The van der Waals surface area contributed by atoms with Crippen molar-refractivity contribution in [2.24, 2.45) is 0 Å². The molecule has 0 aliphatic carbocycles. The van der Waals surface area contributed by atoms with Gasteiger partial charge in [-0.2, -0.15) is 0 Å². The molecule has 1 aromatic rings. The predicted molar refractivity (Wildman–Crippen MR) is 44.8 cm³/mol. The number of hydrogen-bond donors (Lipinski definition) is 2. The number of benzene rings is 1. The van der Waals surface area contributed by atoms with Gasteiger partial charge in [0.2, 0.25) is 0 Å². The number of rotatable bonds is 1. The first-order valence-electron chi connectivity index (χ1n) is 2.89. The maximum Gasteiger partial charge on any atom is 1.00 e. The van der Waals surface area contributed by atoms with Crippen LogP contribution in [0, 0.1) is 0 Å². The van der Waals surface area contributed by atoms with E-state index in [0.717, 1.165) is 0 Å². The Balaban J connectivity index is 0. The van der Waals surface area contributed by atoms with Crippen molar-refractivity contribution in [3.63, 3.8) is 0 Å². The molecule has 0 unspecified atom stereocenters. The van der Waals surface area contributed by atoms with Crippen molar-refractivity contribution in [2.75, 3.05) is 5.73 Å². The Morgan fingerprint density at radius 3 is 2.38 bits per heavy atom. The minimum Gasteiger partial charge on any atom is -0.870 e. The Morgan fingerprint density at radius 1 is 1.46 bits per heavy atom. The van der Waals surface area contributed by atoms with E-state index in [0.29, 0.717) is 5.02 Å². The van der Waals surface area contributed by atoms with E-state index in [1.54, 1.807) is 0 Å². The van der Waals surface area contributed by atoms with E-state index < -0.39 is 5.97 Å². The number of anilines is 1. The Hall–Kier alpha value is -0.260. The first-order valence-corrected chi connectivity index (χ1v) is 3.27. The molecule has 0 spiro atoms. The van der Waals surface area contributed by atoms with Crippen molar-refractivity contribution in [1.82, 2.24) is 0 Å². The van der Waals surface area contributed by atoms with Gasteiger partial charge in [-0.15, -0.1) is 0 Å². The quantitative estimate of drug-likeness (QED) is 0.434. The second-order valence-corrected chi connectivity index (χ2v) is 2.45. The molecule has 0 radical (unpaired) electrons. The molecule has 6 heteroatoms. The van der Waals surface area contributed by atoms with Crippen LogP contribution in [0.5, 0.6) is 0 Å². The normalized spacial score (nSPS) is 8.08. The van der Waals surface area contributed by atoms with Crippen LogP contribution >= 0.6 is 11.6 Å². The smallest absolute Gasteiger partial charge is 0.870 e. The summed E-state index contributed by atoms with van der Waals surface area (Å²) >= 11 is 5.57. The van der Waals surface area contributed by atoms with Crippen LogP contribution in [0.25, 0.3) is 0 Å². The first-order chi connectivity index (χ1) is 5.11. The summed E-state index contributed by atoms with van der Waals surface area (Å²) in [6.45, 7) is 0. The van der Waals surface area contributed by atoms with E-state index in [4.69, 9.17) is 22.4 Å². The summed E-state index contributed by atoms with van der Waals surface area (Å²) in [6.07, 6.45) is 0. The van der Waals surface area contributed by atoms with E-state index in [2.05, 4.69) is 0 Å². The zero-order chi connectivity index (χ0) is 8.43. The molecule has 0 saturated heterocycles. The Morgan fingerprint density at radius 2 is 2.00 bits per heavy atom. The van der Waals surface area contributed by atoms with E-state index >= 15 is 0 Å². The Labute approximate surface area is 102 Å². The van der Waals surface area contributed by atoms with Gasteiger partial charge in [-0.1, -0.05) is 11.6 Å². The van der Waals surface area contributed by atoms with Gasteiger partial charge < -0.3 is 16.3 Å². The van der Waals surface area contributed by atoms with Crippen LogP contribution in [-0.2, 0) is 0 Å². The van der Waals surface area contributed by atoms with Crippen LogP contribution in [-0.4, -0.2) is 16.6 Å². The molecule has 0 atom stereocenters. The maximum absolute atomic E-state index is 10.4. The summed E-state index contributed by atoms with van der Waals surface area (Å²) in [4.78, 5) is 10.4. The molecule has 0 aromatic heterocycles. The predicted octanol–water partition coefficient (Wildman–Crippen LogP) is -1.55. The Bertz CT molecular complexity index is 306. The summed E-state index contributed by atoms with van der Waals surface area (Å²) in [5, 5.41) is 8.87. The van der Waals surface area contributed by atoms with Crippen LogP contribution in [0.4, 0.5) is 5.69 Å². The van der Waals surface area contributed by atoms with Gasteiger partial charge in [0, 0.05) is 0 Å². The van der Waals surface area contributed by atoms with Gasteiger partial charge in [0.25, 0.3) is 0 Å². The minimum atomic E-state index is -1.01. The number of nitrogens with two attached hydrogens (primary N) is 1. The van der Waals surface area contributed by atoms with Crippen molar-refractivity contribution < 1.29 is 44.9 Å². The van der Waals surface area contributed by atoms with Crippen LogP contribution in [0.1, 0.15) is 10.4 Å². The molecule has 0 fully saturated rings. The number of aromatic carboxylic acids is 1. The van der Waals surface area contributed by atoms with Crippen LogP contribution in [0.3, 0.4) is 0 Å². The molecular formula is C7H7ClNNaO3. The largest absolute Gasteiger partial charge is 1.00 e. The fourth-order valence-corrected chi connectivity index (χ4v) is 0.794. The van der Waals surface area contributed by atoms with Gasteiger partial charge in [-0.3, -0.25) is 0 Å². The number of carboxylic acid groups (broad SMARTS) is 1. The second-order valence-electron chi connectivity index (χ2n) is 2.04. The summed E-state index contributed by atoms with van der Waals surface area (Å²) in [7, 11) is 0. The van der Waals surface area contributed by atoms with Crippen LogP contribution in [0.15, 0.2) is 18.2 Å². The monoisotopic (exact) mass is 211 g/mol. The molecule has 0 aliphatic rings. The zero-order valence-electron chi connectivity index (χ0n) is 6.99. The van der Waals surface area contributed by atoms with E-state index in [9.17, 15) is 4.79 Å². The molecule has 0 heterocycles. The minimum absolute atomic E-state index is 0. The average Bonchev–Trinajstić information content (AvgIpc) is 1.94. The van der Waals surface area contributed by atoms with Gasteiger partial charge in [-0.05, 0) is 18.2 Å². The van der Waals surface area contributed by atoms with Crippen molar-refractivity contribution in [3.8, 4) is 0 Å². The van der Waals surface area contributed by atoms with Crippen molar-refractivity contribution in [3.05, 3.63) is 28.8 Å². The third kappa shape index (κ3) is 3.97. The third-order valence-electron chi connectivity index (χ3n) is 1.24. The van der Waals surface area contributed by atoms with Crippen molar-refractivity contribution in [2.45, 2.75) is 0 Å². The molecule has 13 heavy (non-hydrogen) atoms. The molecule has 66 valence electrons. The molecule has 0 amide bonds. The molecule has 4 N–H and O–H groups in total. The number of carboxylic acids is 1. The Kier molecular flexibility index (Phi) is 7.30. The second kappa shape index (κ2) is 6.23. The summed E-state index contributed by atoms with van der Waals surface area (Å²) < 4.78 is 0. The maximum atomic E-state index is 10.4. The van der Waals surface area contributed by atoms with Crippen molar-refractivity contribution >= 4 is 23.3 Å². The topological polar surface area (TPSA) is 93.3 Å². The molecule has 1 rings (SSSR count). The molecular weight excluding hydrogens is 205 g/mol.